The number of benzene rings is 1. The first kappa shape index (κ1) is 13.6. The van der Waals surface area contributed by atoms with Crippen LogP contribution < -0.4 is 0 Å². The summed E-state index contributed by atoms with van der Waals surface area (Å²) in [5.41, 5.74) is -1.66. The number of hydrogen-bond acceptors (Lipinski definition) is 3. The Hall–Kier alpha value is -1.42. The molecule has 0 aliphatic heterocycles. The fourth-order valence-corrected chi connectivity index (χ4v) is 1.53. The maximum absolute atomic E-state index is 13.5. The number of esters is 1. The maximum Gasteiger partial charge on any atom is 0.319 e. The predicted octanol–water partition coefficient (Wildman–Crippen LogP) is 2.86. The number of carbonyl (C=O) groups excluding carboxylic acids is 2. The van der Waals surface area contributed by atoms with Crippen molar-refractivity contribution in [3.05, 3.63) is 34.6 Å². The Labute approximate surface area is 104 Å². The zero-order valence-corrected chi connectivity index (χ0v) is 10.5. The highest BCUT2D eigenvalue weighted by molar-refractivity contribution is 6.31. The van der Waals surface area contributed by atoms with E-state index < -0.39 is 23.0 Å². The van der Waals surface area contributed by atoms with Crippen LogP contribution in [-0.2, 0) is 9.53 Å². The molecule has 3 nitrogen and oxygen atoms in total. The molecule has 0 bridgehead atoms. The lowest BCUT2D eigenvalue weighted by molar-refractivity contribution is -0.147. The molecular formula is C12H12ClFO3. The van der Waals surface area contributed by atoms with Crippen molar-refractivity contribution < 1.29 is 18.7 Å². The Balaban J connectivity index is 3.21. The van der Waals surface area contributed by atoms with E-state index >= 15 is 0 Å². The molecule has 0 fully saturated rings. The number of carbonyl (C=O) groups is 2. The van der Waals surface area contributed by atoms with Crippen LogP contribution in [0.25, 0.3) is 0 Å². The Morgan fingerprint density at radius 1 is 1.35 bits per heavy atom. The standard InChI is InChI=1S/C12H12ClFO3/c1-12(2,11(16)17-3)10(15)8-6-7(13)4-5-9(8)14/h4-6H,1-3H3. The molecule has 0 spiro atoms. The fourth-order valence-electron chi connectivity index (χ4n) is 1.36. The molecule has 0 saturated carbocycles. The summed E-state index contributed by atoms with van der Waals surface area (Å²) in [5.74, 6) is -2.09. The number of hydrogen-bond donors (Lipinski definition) is 0. The largest absolute Gasteiger partial charge is 0.468 e. The molecule has 17 heavy (non-hydrogen) atoms. The van der Waals surface area contributed by atoms with E-state index in [2.05, 4.69) is 4.74 Å². The highest BCUT2D eigenvalue weighted by Crippen LogP contribution is 2.26. The van der Waals surface area contributed by atoms with Crippen LogP contribution in [0.2, 0.25) is 5.02 Å². The van der Waals surface area contributed by atoms with Crippen LogP contribution >= 0.6 is 11.6 Å². The molecule has 0 aliphatic rings. The van der Waals surface area contributed by atoms with Crippen molar-refractivity contribution >= 4 is 23.4 Å². The number of ether oxygens (including phenoxy) is 1. The second-order valence-electron chi connectivity index (χ2n) is 4.07. The van der Waals surface area contributed by atoms with Gasteiger partial charge in [0.05, 0.1) is 12.7 Å². The molecule has 0 radical (unpaired) electrons. The summed E-state index contributed by atoms with van der Waals surface area (Å²) in [7, 11) is 1.17. The van der Waals surface area contributed by atoms with Crippen molar-refractivity contribution in [3.8, 4) is 0 Å². The number of Topliss-reactive ketones (excluding diaryl/α,β-unsaturated/α-hetero) is 1. The molecular weight excluding hydrogens is 247 g/mol. The van der Waals surface area contributed by atoms with Crippen molar-refractivity contribution in [2.75, 3.05) is 7.11 Å². The van der Waals surface area contributed by atoms with E-state index in [1.807, 2.05) is 0 Å². The van der Waals surface area contributed by atoms with Crippen LogP contribution in [0.15, 0.2) is 18.2 Å². The van der Waals surface area contributed by atoms with Crippen molar-refractivity contribution in [2.45, 2.75) is 13.8 Å². The van der Waals surface area contributed by atoms with Crippen LogP contribution in [0.5, 0.6) is 0 Å². The van der Waals surface area contributed by atoms with E-state index in [1.165, 1.54) is 33.1 Å². The molecule has 0 saturated heterocycles. The highest BCUT2D eigenvalue weighted by atomic mass is 35.5. The van der Waals surface area contributed by atoms with Gasteiger partial charge in [-0.2, -0.15) is 0 Å². The third-order valence-corrected chi connectivity index (χ3v) is 2.67. The summed E-state index contributed by atoms with van der Waals surface area (Å²) in [5, 5.41) is 0.232. The van der Waals surface area contributed by atoms with Crippen LogP contribution in [0.1, 0.15) is 24.2 Å². The minimum Gasteiger partial charge on any atom is -0.468 e. The van der Waals surface area contributed by atoms with Gasteiger partial charge in [-0.3, -0.25) is 9.59 Å². The summed E-state index contributed by atoms with van der Waals surface area (Å²) in [6.45, 7) is 2.75. The van der Waals surface area contributed by atoms with Gasteiger partial charge >= 0.3 is 5.97 Å². The van der Waals surface area contributed by atoms with Crippen molar-refractivity contribution in [1.29, 1.82) is 0 Å². The van der Waals surface area contributed by atoms with Gasteiger partial charge in [0.1, 0.15) is 11.2 Å². The van der Waals surface area contributed by atoms with Crippen LogP contribution in [0, 0.1) is 11.2 Å². The average Bonchev–Trinajstić information content (AvgIpc) is 2.30. The second-order valence-corrected chi connectivity index (χ2v) is 4.51. The Kier molecular flexibility index (Phi) is 3.88. The summed E-state index contributed by atoms with van der Waals surface area (Å²) >= 11 is 5.69. The third-order valence-electron chi connectivity index (χ3n) is 2.44. The maximum atomic E-state index is 13.5. The number of methoxy groups -OCH3 is 1. The average molecular weight is 259 g/mol. The molecule has 92 valence electrons. The predicted molar refractivity (Wildman–Crippen MR) is 61.5 cm³/mol. The van der Waals surface area contributed by atoms with Gasteiger partial charge in [-0.1, -0.05) is 11.6 Å². The van der Waals surface area contributed by atoms with Crippen molar-refractivity contribution in [1.82, 2.24) is 0 Å². The molecule has 1 aromatic rings. The normalized spacial score (nSPS) is 11.1. The van der Waals surface area contributed by atoms with Gasteiger partial charge in [-0.25, -0.2) is 4.39 Å². The molecule has 0 aliphatic carbocycles. The van der Waals surface area contributed by atoms with E-state index in [1.54, 1.807) is 0 Å². The summed E-state index contributed by atoms with van der Waals surface area (Å²) in [6.07, 6.45) is 0. The van der Waals surface area contributed by atoms with Crippen LogP contribution in [0.4, 0.5) is 4.39 Å². The van der Waals surface area contributed by atoms with Gasteiger partial charge in [-0.15, -0.1) is 0 Å². The number of ketones is 1. The lowest BCUT2D eigenvalue weighted by Gasteiger charge is -2.20. The monoisotopic (exact) mass is 258 g/mol. The third kappa shape index (κ3) is 2.64. The Morgan fingerprint density at radius 3 is 2.47 bits per heavy atom. The molecule has 1 aromatic carbocycles. The van der Waals surface area contributed by atoms with E-state index in [9.17, 15) is 14.0 Å². The highest BCUT2D eigenvalue weighted by Gasteiger charge is 2.38. The van der Waals surface area contributed by atoms with E-state index in [4.69, 9.17) is 11.6 Å². The molecule has 0 aromatic heterocycles. The lowest BCUT2D eigenvalue weighted by Crippen LogP contribution is -2.35. The van der Waals surface area contributed by atoms with E-state index in [0.717, 1.165) is 6.07 Å². The first-order valence-corrected chi connectivity index (χ1v) is 5.26. The molecule has 0 atom stereocenters. The quantitative estimate of drug-likeness (QED) is 0.476. The van der Waals surface area contributed by atoms with Gasteiger partial charge in [0.25, 0.3) is 0 Å². The zero-order chi connectivity index (χ0) is 13.2. The number of halogens is 2. The second kappa shape index (κ2) is 4.84. The first-order chi connectivity index (χ1) is 7.80. The minimum absolute atomic E-state index is 0.215. The molecule has 0 N–H and O–H groups in total. The minimum atomic E-state index is -1.44. The zero-order valence-electron chi connectivity index (χ0n) is 9.71. The fraction of sp³-hybridized carbons (Fsp3) is 0.333. The molecule has 0 heterocycles. The Morgan fingerprint density at radius 2 is 1.94 bits per heavy atom. The van der Waals surface area contributed by atoms with Crippen molar-refractivity contribution in [2.24, 2.45) is 5.41 Å². The molecule has 1 rings (SSSR count). The van der Waals surface area contributed by atoms with E-state index in [-0.39, 0.29) is 10.6 Å². The Bertz CT molecular complexity index is 469. The van der Waals surface area contributed by atoms with Crippen LogP contribution in [-0.4, -0.2) is 18.9 Å². The SMILES string of the molecule is COC(=O)C(C)(C)C(=O)c1cc(Cl)ccc1F. The van der Waals surface area contributed by atoms with Gasteiger partial charge in [0.2, 0.25) is 0 Å². The topological polar surface area (TPSA) is 43.4 Å². The summed E-state index contributed by atoms with van der Waals surface area (Å²) in [4.78, 5) is 23.5. The lowest BCUT2D eigenvalue weighted by atomic mass is 9.84. The van der Waals surface area contributed by atoms with Gasteiger partial charge in [0.15, 0.2) is 5.78 Å². The van der Waals surface area contributed by atoms with Crippen molar-refractivity contribution in [3.63, 3.8) is 0 Å². The molecule has 5 heteroatoms. The number of rotatable bonds is 3. The summed E-state index contributed by atoms with van der Waals surface area (Å²) in [6, 6.07) is 3.62. The summed E-state index contributed by atoms with van der Waals surface area (Å²) < 4.78 is 18.0. The van der Waals surface area contributed by atoms with Gasteiger partial charge < -0.3 is 4.74 Å². The van der Waals surface area contributed by atoms with E-state index in [0.29, 0.717) is 0 Å². The first-order valence-electron chi connectivity index (χ1n) is 4.89. The van der Waals surface area contributed by atoms with Gasteiger partial charge in [-0.05, 0) is 32.0 Å². The van der Waals surface area contributed by atoms with Gasteiger partial charge in [0, 0.05) is 5.02 Å². The van der Waals surface area contributed by atoms with Crippen LogP contribution in [0.3, 0.4) is 0 Å². The molecule has 0 unspecified atom stereocenters. The molecule has 0 amide bonds. The smallest absolute Gasteiger partial charge is 0.319 e.